The minimum Gasteiger partial charge on any atom is -0.487 e. The van der Waals surface area contributed by atoms with Gasteiger partial charge >= 0.3 is 11.7 Å². The van der Waals surface area contributed by atoms with Crippen LogP contribution in [0.1, 0.15) is 33.2 Å². The van der Waals surface area contributed by atoms with Crippen LogP contribution in [0.3, 0.4) is 0 Å². The number of fused-ring (bicyclic) bond motifs is 1. The van der Waals surface area contributed by atoms with Crippen molar-refractivity contribution in [2.75, 3.05) is 25.2 Å². The molecule has 140 valence electrons. The van der Waals surface area contributed by atoms with Crippen molar-refractivity contribution >= 4 is 23.3 Å². The van der Waals surface area contributed by atoms with E-state index in [0.717, 1.165) is 5.56 Å². The van der Waals surface area contributed by atoms with Crippen LogP contribution in [0.5, 0.6) is 5.75 Å². The van der Waals surface area contributed by atoms with Gasteiger partial charge in [0.05, 0.1) is 24.2 Å². The number of amides is 1. The van der Waals surface area contributed by atoms with Crippen LogP contribution in [0.15, 0.2) is 36.4 Å². The number of carbonyl (C=O) groups excluding carboxylic acids is 2. The van der Waals surface area contributed by atoms with Crippen molar-refractivity contribution < 1.29 is 24.0 Å². The third kappa shape index (κ3) is 3.46. The smallest absolute Gasteiger partial charge is 0.337 e. The summed E-state index contributed by atoms with van der Waals surface area (Å²) in [5.74, 6) is -0.654. The summed E-state index contributed by atoms with van der Waals surface area (Å²) >= 11 is 0. The number of esters is 1. The number of nitro groups is 1. The highest BCUT2D eigenvalue weighted by atomic mass is 16.6. The van der Waals surface area contributed by atoms with Crippen LogP contribution in [-0.4, -0.2) is 37.1 Å². The first-order chi connectivity index (χ1) is 13.0. The van der Waals surface area contributed by atoms with E-state index in [-0.39, 0.29) is 29.5 Å². The average Bonchev–Trinajstić information content (AvgIpc) is 3.10. The molecule has 0 aromatic heterocycles. The summed E-state index contributed by atoms with van der Waals surface area (Å²) in [4.78, 5) is 36.8. The second kappa shape index (κ2) is 7.45. The summed E-state index contributed by atoms with van der Waals surface area (Å²) in [5.41, 5.74) is 1.91. The van der Waals surface area contributed by atoms with Crippen molar-refractivity contribution in [3.63, 3.8) is 0 Å². The molecule has 1 amide bonds. The standard InChI is InChI=1S/C19H18N2O6/c1-3-27-17-7-5-13(11-16(17)21(24)25)18(22)20-9-8-12-10-14(19(23)26-2)4-6-15(12)20/h4-7,10-11H,3,8-9H2,1-2H3. The molecule has 0 unspecified atom stereocenters. The van der Waals surface area contributed by atoms with Gasteiger partial charge in [0, 0.05) is 23.9 Å². The molecule has 8 heteroatoms. The topological polar surface area (TPSA) is 99.0 Å². The van der Waals surface area contributed by atoms with Crippen LogP contribution in [-0.2, 0) is 11.2 Å². The molecule has 0 atom stereocenters. The number of ether oxygens (including phenoxy) is 2. The molecule has 0 aliphatic carbocycles. The van der Waals surface area contributed by atoms with E-state index in [9.17, 15) is 19.7 Å². The zero-order valence-corrected chi connectivity index (χ0v) is 14.9. The van der Waals surface area contributed by atoms with Crippen LogP contribution in [0.4, 0.5) is 11.4 Å². The molecule has 1 aliphatic rings. The molecule has 0 radical (unpaired) electrons. The van der Waals surface area contributed by atoms with Crippen LogP contribution in [0, 0.1) is 10.1 Å². The molecule has 1 aliphatic heterocycles. The summed E-state index contributed by atoms with van der Waals surface area (Å²) in [6.07, 6.45) is 0.588. The zero-order chi connectivity index (χ0) is 19.6. The fourth-order valence-corrected chi connectivity index (χ4v) is 3.08. The molecule has 2 aromatic carbocycles. The first kappa shape index (κ1) is 18.4. The SMILES string of the molecule is CCOc1ccc(C(=O)N2CCc3cc(C(=O)OC)ccc32)cc1[N+](=O)[O-]. The number of rotatable bonds is 5. The van der Waals surface area contributed by atoms with Gasteiger partial charge in [0.1, 0.15) is 0 Å². The number of nitrogens with zero attached hydrogens (tertiary/aromatic N) is 2. The Kier molecular flexibility index (Phi) is 5.07. The van der Waals surface area contributed by atoms with Crippen LogP contribution < -0.4 is 9.64 Å². The zero-order valence-electron chi connectivity index (χ0n) is 14.9. The number of methoxy groups -OCH3 is 1. The largest absolute Gasteiger partial charge is 0.487 e. The predicted octanol–water partition coefficient (Wildman–Crippen LogP) is 2.98. The number of hydrogen-bond acceptors (Lipinski definition) is 6. The summed E-state index contributed by atoms with van der Waals surface area (Å²) in [5, 5.41) is 11.3. The lowest BCUT2D eigenvalue weighted by Crippen LogP contribution is -2.28. The lowest BCUT2D eigenvalue weighted by molar-refractivity contribution is -0.385. The maximum absolute atomic E-state index is 12.9. The van der Waals surface area contributed by atoms with E-state index in [1.807, 2.05) is 0 Å². The summed E-state index contributed by atoms with van der Waals surface area (Å²) in [7, 11) is 1.31. The Morgan fingerprint density at radius 2 is 1.93 bits per heavy atom. The second-order valence-electron chi connectivity index (χ2n) is 5.91. The lowest BCUT2D eigenvalue weighted by Gasteiger charge is -2.18. The molecule has 1 heterocycles. The van der Waals surface area contributed by atoms with Crippen LogP contribution >= 0.6 is 0 Å². The van der Waals surface area contributed by atoms with E-state index in [4.69, 9.17) is 9.47 Å². The number of hydrogen-bond donors (Lipinski definition) is 0. The molecular formula is C19H18N2O6. The molecule has 3 rings (SSSR count). The highest BCUT2D eigenvalue weighted by Gasteiger charge is 2.28. The molecule has 2 aromatic rings. The fourth-order valence-electron chi connectivity index (χ4n) is 3.08. The quantitative estimate of drug-likeness (QED) is 0.456. The van der Waals surface area contributed by atoms with Crippen molar-refractivity contribution in [2.24, 2.45) is 0 Å². The third-order valence-corrected chi connectivity index (χ3v) is 4.34. The van der Waals surface area contributed by atoms with Crippen molar-refractivity contribution in [3.05, 3.63) is 63.2 Å². The molecule has 0 saturated carbocycles. The molecule has 0 saturated heterocycles. The summed E-state index contributed by atoms with van der Waals surface area (Å²) in [6.45, 7) is 2.45. The van der Waals surface area contributed by atoms with E-state index < -0.39 is 10.9 Å². The predicted molar refractivity (Wildman–Crippen MR) is 97.4 cm³/mol. The van der Waals surface area contributed by atoms with Gasteiger partial charge in [-0.15, -0.1) is 0 Å². The molecule has 0 bridgehead atoms. The molecule has 0 N–H and O–H groups in total. The van der Waals surface area contributed by atoms with Crippen molar-refractivity contribution in [2.45, 2.75) is 13.3 Å². The average molecular weight is 370 g/mol. The number of anilines is 1. The van der Waals surface area contributed by atoms with Gasteiger partial charge in [-0.2, -0.15) is 0 Å². The lowest BCUT2D eigenvalue weighted by atomic mass is 10.1. The van der Waals surface area contributed by atoms with Gasteiger partial charge in [-0.1, -0.05) is 0 Å². The van der Waals surface area contributed by atoms with Crippen molar-refractivity contribution in [1.82, 2.24) is 0 Å². The van der Waals surface area contributed by atoms with Crippen LogP contribution in [0.25, 0.3) is 0 Å². The van der Waals surface area contributed by atoms with Gasteiger partial charge in [0.15, 0.2) is 5.75 Å². The Hall–Kier alpha value is -3.42. The van der Waals surface area contributed by atoms with Gasteiger partial charge < -0.3 is 14.4 Å². The van der Waals surface area contributed by atoms with E-state index in [1.165, 1.54) is 25.3 Å². The fraction of sp³-hybridized carbons (Fsp3) is 0.263. The van der Waals surface area contributed by atoms with Gasteiger partial charge in [0.2, 0.25) is 0 Å². The maximum atomic E-state index is 12.9. The Balaban J connectivity index is 1.91. The van der Waals surface area contributed by atoms with Gasteiger partial charge in [-0.25, -0.2) is 4.79 Å². The normalized spacial score (nSPS) is 12.4. The second-order valence-corrected chi connectivity index (χ2v) is 5.91. The van der Waals surface area contributed by atoms with Crippen molar-refractivity contribution in [3.8, 4) is 5.75 Å². The Labute approximate surface area is 155 Å². The van der Waals surface area contributed by atoms with Crippen LogP contribution in [0.2, 0.25) is 0 Å². The third-order valence-electron chi connectivity index (χ3n) is 4.34. The minimum absolute atomic E-state index is 0.128. The molecule has 0 spiro atoms. The highest BCUT2D eigenvalue weighted by molar-refractivity contribution is 6.08. The molecule has 0 fully saturated rings. The van der Waals surface area contributed by atoms with Gasteiger partial charge in [0.25, 0.3) is 5.91 Å². The first-order valence-corrected chi connectivity index (χ1v) is 8.40. The first-order valence-electron chi connectivity index (χ1n) is 8.40. The van der Waals surface area contributed by atoms with Gasteiger partial charge in [-0.05, 0) is 49.2 Å². The Bertz CT molecular complexity index is 924. The number of nitro benzene ring substituents is 1. The summed E-state index contributed by atoms with van der Waals surface area (Å²) in [6, 6.07) is 9.17. The van der Waals surface area contributed by atoms with E-state index in [2.05, 4.69) is 0 Å². The minimum atomic E-state index is -0.567. The number of carbonyl (C=O) groups is 2. The molecule has 8 nitrogen and oxygen atoms in total. The van der Waals surface area contributed by atoms with Crippen molar-refractivity contribution in [1.29, 1.82) is 0 Å². The van der Waals surface area contributed by atoms with E-state index in [0.29, 0.717) is 24.2 Å². The highest BCUT2D eigenvalue weighted by Crippen LogP contribution is 2.33. The molecular weight excluding hydrogens is 352 g/mol. The number of benzene rings is 2. The summed E-state index contributed by atoms with van der Waals surface area (Å²) < 4.78 is 9.96. The Morgan fingerprint density at radius 1 is 1.19 bits per heavy atom. The van der Waals surface area contributed by atoms with E-state index >= 15 is 0 Å². The maximum Gasteiger partial charge on any atom is 0.337 e. The van der Waals surface area contributed by atoms with E-state index in [1.54, 1.807) is 30.0 Å². The molecule has 27 heavy (non-hydrogen) atoms. The monoisotopic (exact) mass is 370 g/mol. The Morgan fingerprint density at radius 3 is 2.59 bits per heavy atom. The van der Waals surface area contributed by atoms with Gasteiger partial charge in [-0.3, -0.25) is 14.9 Å².